The molecule has 0 aliphatic carbocycles. The highest BCUT2D eigenvalue weighted by molar-refractivity contribution is 6.74. The number of hydrogen-bond donors (Lipinski definition) is 0. The summed E-state index contributed by atoms with van der Waals surface area (Å²) in [7, 11) is -1.63. The van der Waals surface area contributed by atoms with Gasteiger partial charge in [0, 0.05) is 0 Å². The van der Waals surface area contributed by atoms with Gasteiger partial charge in [-0.3, -0.25) is 0 Å². The molecular formula is C15H32O4Si. The minimum atomic E-state index is -1.63. The van der Waals surface area contributed by atoms with Gasteiger partial charge in [0.15, 0.2) is 8.32 Å². The van der Waals surface area contributed by atoms with Crippen LogP contribution in [0.2, 0.25) is 18.1 Å². The normalized spacial score (nSPS) is 12.7. The second kappa shape index (κ2) is 10.5. The largest absolute Gasteiger partial charge is 0.414 e. The third-order valence-electron chi connectivity index (χ3n) is 3.48. The van der Waals surface area contributed by atoms with E-state index in [1.165, 1.54) is 0 Å². The Morgan fingerprint density at radius 1 is 0.850 bits per heavy atom. The van der Waals surface area contributed by atoms with Crippen molar-refractivity contribution in [3.8, 4) is 0 Å². The first kappa shape index (κ1) is 19.8. The van der Waals surface area contributed by atoms with Gasteiger partial charge in [-0.15, -0.1) is 6.58 Å². The lowest BCUT2D eigenvalue weighted by Crippen LogP contribution is -2.41. The van der Waals surface area contributed by atoms with Crippen LogP contribution in [0, 0.1) is 0 Å². The minimum Gasteiger partial charge on any atom is -0.414 e. The molecule has 0 saturated heterocycles. The van der Waals surface area contributed by atoms with E-state index in [0.717, 1.165) is 0 Å². The van der Waals surface area contributed by atoms with Crippen LogP contribution < -0.4 is 0 Å². The smallest absolute Gasteiger partial charge is 0.192 e. The number of rotatable bonds is 12. The van der Waals surface area contributed by atoms with Crippen LogP contribution in [0.1, 0.15) is 20.8 Å². The Balaban J connectivity index is 3.35. The van der Waals surface area contributed by atoms with E-state index >= 15 is 0 Å². The molecule has 0 aromatic rings. The second-order valence-corrected chi connectivity index (χ2v) is 11.0. The Kier molecular flexibility index (Phi) is 10.4. The van der Waals surface area contributed by atoms with Crippen molar-refractivity contribution in [2.75, 3.05) is 46.2 Å². The van der Waals surface area contributed by atoms with E-state index in [9.17, 15) is 0 Å². The summed E-state index contributed by atoms with van der Waals surface area (Å²) < 4.78 is 22.1. The van der Waals surface area contributed by atoms with Gasteiger partial charge in [0.05, 0.1) is 46.2 Å². The third-order valence-corrected chi connectivity index (χ3v) is 8.01. The van der Waals surface area contributed by atoms with E-state index in [1.807, 2.05) is 0 Å². The summed E-state index contributed by atoms with van der Waals surface area (Å²) in [6, 6.07) is 0. The molecule has 0 aromatic heterocycles. The van der Waals surface area contributed by atoms with Crippen molar-refractivity contribution in [2.24, 2.45) is 0 Å². The molecule has 0 amide bonds. The molecule has 20 heavy (non-hydrogen) atoms. The maximum atomic E-state index is 6.01. The molecule has 0 radical (unpaired) electrons. The molecule has 0 spiro atoms. The fourth-order valence-corrected chi connectivity index (χ4v) is 2.21. The lowest BCUT2D eigenvalue weighted by molar-refractivity contribution is 0.0126. The first-order chi connectivity index (χ1) is 9.31. The van der Waals surface area contributed by atoms with Crippen LogP contribution in [-0.4, -0.2) is 54.6 Å². The van der Waals surface area contributed by atoms with Crippen LogP contribution in [0.25, 0.3) is 0 Å². The minimum absolute atomic E-state index is 0.252. The van der Waals surface area contributed by atoms with Crippen molar-refractivity contribution in [1.29, 1.82) is 0 Å². The van der Waals surface area contributed by atoms with Crippen molar-refractivity contribution in [3.63, 3.8) is 0 Å². The highest BCUT2D eigenvalue weighted by atomic mass is 28.4. The van der Waals surface area contributed by atoms with Gasteiger partial charge in [-0.2, -0.15) is 0 Å². The predicted molar refractivity (Wildman–Crippen MR) is 85.8 cm³/mol. The maximum absolute atomic E-state index is 6.01. The predicted octanol–water partition coefficient (Wildman–Crippen LogP) is 3.24. The van der Waals surface area contributed by atoms with E-state index in [2.05, 4.69) is 40.4 Å². The van der Waals surface area contributed by atoms with Gasteiger partial charge in [-0.05, 0) is 18.1 Å². The molecule has 0 rings (SSSR count). The van der Waals surface area contributed by atoms with Gasteiger partial charge in [0.1, 0.15) is 0 Å². The summed E-state index contributed by atoms with van der Waals surface area (Å²) in [5.41, 5.74) is 0. The molecule has 0 saturated carbocycles. The summed E-state index contributed by atoms with van der Waals surface area (Å²) in [5.74, 6) is 0. The lowest BCUT2D eigenvalue weighted by Gasteiger charge is -2.36. The molecule has 0 aliphatic rings. The summed E-state index contributed by atoms with van der Waals surface area (Å²) in [6.45, 7) is 19.0. The van der Waals surface area contributed by atoms with Crippen LogP contribution in [0.3, 0.4) is 0 Å². The van der Waals surface area contributed by atoms with Crippen molar-refractivity contribution >= 4 is 8.32 Å². The third kappa shape index (κ3) is 9.66. The van der Waals surface area contributed by atoms with Crippen LogP contribution >= 0.6 is 0 Å². The molecule has 5 heteroatoms. The average Bonchev–Trinajstić information content (AvgIpc) is 2.34. The molecule has 0 aliphatic heterocycles. The SMILES string of the molecule is C=CCOCCOCCOCCO[Si](C)(C)C(C)(C)C. The lowest BCUT2D eigenvalue weighted by atomic mass is 10.2. The van der Waals surface area contributed by atoms with Gasteiger partial charge < -0.3 is 18.6 Å². The number of ether oxygens (including phenoxy) is 3. The Labute approximate surface area is 125 Å². The summed E-state index contributed by atoms with van der Waals surface area (Å²) in [4.78, 5) is 0. The van der Waals surface area contributed by atoms with Crippen LogP contribution in [0.5, 0.6) is 0 Å². The first-order valence-electron chi connectivity index (χ1n) is 7.29. The topological polar surface area (TPSA) is 36.9 Å². The average molecular weight is 305 g/mol. The first-order valence-corrected chi connectivity index (χ1v) is 10.2. The molecule has 0 heterocycles. The fourth-order valence-electron chi connectivity index (χ4n) is 1.18. The molecular weight excluding hydrogens is 272 g/mol. The molecule has 4 nitrogen and oxygen atoms in total. The zero-order chi connectivity index (χ0) is 15.5. The van der Waals surface area contributed by atoms with Gasteiger partial charge in [0.2, 0.25) is 0 Å². The Hall–Kier alpha value is -0.203. The molecule has 0 N–H and O–H groups in total. The summed E-state index contributed by atoms with van der Waals surface area (Å²) in [5, 5.41) is 0.252. The summed E-state index contributed by atoms with van der Waals surface area (Å²) >= 11 is 0. The Morgan fingerprint density at radius 3 is 1.75 bits per heavy atom. The maximum Gasteiger partial charge on any atom is 0.192 e. The van der Waals surface area contributed by atoms with Crippen molar-refractivity contribution in [2.45, 2.75) is 38.9 Å². The van der Waals surface area contributed by atoms with Crippen LogP contribution in [-0.2, 0) is 18.6 Å². The van der Waals surface area contributed by atoms with E-state index in [-0.39, 0.29) is 5.04 Å². The molecule has 120 valence electrons. The van der Waals surface area contributed by atoms with E-state index in [4.69, 9.17) is 18.6 Å². The van der Waals surface area contributed by atoms with Gasteiger partial charge in [0.25, 0.3) is 0 Å². The molecule has 0 fully saturated rings. The quantitative estimate of drug-likeness (QED) is 0.315. The van der Waals surface area contributed by atoms with E-state index < -0.39 is 8.32 Å². The molecule has 0 bridgehead atoms. The standard InChI is InChI=1S/C15H32O4Si/c1-7-8-16-9-10-17-11-12-18-13-14-19-20(5,6)15(2,3)4/h7H,1,8-14H2,2-6H3. The van der Waals surface area contributed by atoms with E-state index in [0.29, 0.717) is 46.2 Å². The number of hydrogen-bond acceptors (Lipinski definition) is 4. The monoisotopic (exact) mass is 304 g/mol. The van der Waals surface area contributed by atoms with Gasteiger partial charge in [-0.25, -0.2) is 0 Å². The zero-order valence-electron chi connectivity index (χ0n) is 13.9. The van der Waals surface area contributed by atoms with Crippen LogP contribution in [0.15, 0.2) is 12.7 Å². The van der Waals surface area contributed by atoms with Gasteiger partial charge in [-0.1, -0.05) is 26.8 Å². The second-order valence-electron chi connectivity index (χ2n) is 6.20. The highest BCUT2D eigenvalue weighted by Crippen LogP contribution is 2.36. The zero-order valence-corrected chi connectivity index (χ0v) is 14.9. The van der Waals surface area contributed by atoms with Gasteiger partial charge >= 0.3 is 0 Å². The van der Waals surface area contributed by atoms with Crippen molar-refractivity contribution < 1.29 is 18.6 Å². The van der Waals surface area contributed by atoms with E-state index in [1.54, 1.807) is 6.08 Å². The molecule has 0 aromatic carbocycles. The fraction of sp³-hybridized carbons (Fsp3) is 0.867. The Bertz CT molecular complexity index is 249. The van der Waals surface area contributed by atoms with Crippen molar-refractivity contribution in [3.05, 3.63) is 12.7 Å². The highest BCUT2D eigenvalue weighted by Gasteiger charge is 2.36. The van der Waals surface area contributed by atoms with Crippen LogP contribution in [0.4, 0.5) is 0 Å². The molecule has 0 atom stereocenters. The molecule has 0 unspecified atom stereocenters. The Morgan fingerprint density at radius 2 is 1.30 bits per heavy atom. The summed E-state index contributed by atoms with van der Waals surface area (Å²) in [6.07, 6.45) is 1.73. The van der Waals surface area contributed by atoms with Crippen molar-refractivity contribution in [1.82, 2.24) is 0 Å².